The summed E-state index contributed by atoms with van der Waals surface area (Å²) in [6.07, 6.45) is 7.09. The quantitative estimate of drug-likeness (QED) is 0.804. The van der Waals surface area contributed by atoms with E-state index >= 15 is 0 Å². The normalized spacial score (nSPS) is 16.2. The lowest BCUT2D eigenvalue weighted by Crippen LogP contribution is -2.39. The summed E-state index contributed by atoms with van der Waals surface area (Å²) in [6, 6.07) is 1.78. The Kier molecular flexibility index (Phi) is 5.43. The van der Waals surface area contributed by atoms with Gasteiger partial charge < -0.3 is 4.90 Å². The van der Waals surface area contributed by atoms with E-state index in [0.29, 0.717) is 12.5 Å². The lowest BCUT2D eigenvalue weighted by molar-refractivity contribution is 0.167. The van der Waals surface area contributed by atoms with Crippen LogP contribution in [0.5, 0.6) is 0 Å². The molecule has 2 aromatic heterocycles. The molecule has 1 fully saturated rings. The molecule has 0 N–H and O–H groups in total. The summed E-state index contributed by atoms with van der Waals surface area (Å²) in [5.41, 5.74) is 1.42. The van der Waals surface area contributed by atoms with Gasteiger partial charge in [0.2, 0.25) is 0 Å². The van der Waals surface area contributed by atoms with Crippen molar-refractivity contribution in [1.29, 1.82) is 0 Å². The highest BCUT2D eigenvalue weighted by Gasteiger charge is 2.20. The molecule has 0 bridgehead atoms. The van der Waals surface area contributed by atoms with Gasteiger partial charge in [0.1, 0.15) is 0 Å². The molecule has 3 heterocycles. The Bertz CT molecular complexity index is 834. The smallest absolute Gasteiger partial charge is 0.302 e. The van der Waals surface area contributed by atoms with Crippen molar-refractivity contribution in [3.05, 3.63) is 56.9 Å². The van der Waals surface area contributed by atoms with E-state index in [1.54, 1.807) is 27.7 Å². The molecule has 0 unspecified atom stereocenters. The predicted molar refractivity (Wildman–Crippen MR) is 95.6 cm³/mol. The minimum Gasteiger partial charge on any atom is -0.302 e. The first-order chi connectivity index (χ1) is 12.0. The van der Waals surface area contributed by atoms with E-state index in [9.17, 15) is 9.59 Å². The van der Waals surface area contributed by atoms with Gasteiger partial charge in [-0.15, -0.1) is 0 Å². The van der Waals surface area contributed by atoms with Crippen LogP contribution >= 0.6 is 0 Å². The zero-order valence-corrected chi connectivity index (χ0v) is 14.9. The Morgan fingerprint density at radius 1 is 1.08 bits per heavy atom. The minimum atomic E-state index is -0.195. The zero-order chi connectivity index (χ0) is 17.8. The van der Waals surface area contributed by atoms with Gasteiger partial charge in [-0.05, 0) is 51.8 Å². The second-order valence-electron chi connectivity index (χ2n) is 6.79. The molecule has 0 saturated carbocycles. The molecule has 7 nitrogen and oxygen atoms in total. The Morgan fingerprint density at radius 2 is 1.84 bits per heavy atom. The van der Waals surface area contributed by atoms with Crippen molar-refractivity contribution in [2.75, 3.05) is 19.6 Å². The SMILES string of the molecule is Cc1ncn(CC2CCN(CCn3cccnc3=O)CC2)c(=O)c1C. The number of aromatic nitrogens is 4. The lowest BCUT2D eigenvalue weighted by Gasteiger charge is -2.32. The van der Waals surface area contributed by atoms with E-state index in [1.807, 2.05) is 13.8 Å². The summed E-state index contributed by atoms with van der Waals surface area (Å²) in [5.74, 6) is 0.499. The van der Waals surface area contributed by atoms with Crippen LogP contribution in [0.2, 0.25) is 0 Å². The third kappa shape index (κ3) is 4.22. The molecule has 2 aromatic rings. The Labute approximate surface area is 147 Å². The van der Waals surface area contributed by atoms with Gasteiger partial charge in [0.25, 0.3) is 5.56 Å². The van der Waals surface area contributed by atoms with Gasteiger partial charge in [-0.25, -0.2) is 14.8 Å². The highest BCUT2D eigenvalue weighted by Crippen LogP contribution is 2.18. The number of hydrogen-bond acceptors (Lipinski definition) is 5. The summed E-state index contributed by atoms with van der Waals surface area (Å²) in [6.45, 7) is 7.95. The number of rotatable bonds is 5. The molecule has 134 valence electrons. The summed E-state index contributed by atoms with van der Waals surface area (Å²) in [4.78, 5) is 34.4. The second kappa shape index (κ2) is 7.74. The standard InChI is InChI=1S/C18H25N5O2/c1-14-15(2)20-13-23(17(14)24)12-16-4-8-21(9-5-16)10-11-22-7-3-6-19-18(22)25/h3,6-7,13,16H,4-5,8-12H2,1-2H3. The van der Waals surface area contributed by atoms with Crippen LogP contribution in [-0.4, -0.2) is 43.6 Å². The number of piperidine rings is 1. The van der Waals surface area contributed by atoms with Crippen LogP contribution in [0, 0.1) is 19.8 Å². The molecule has 1 aliphatic rings. The first kappa shape index (κ1) is 17.5. The summed E-state index contributed by atoms with van der Waals surface area (Å²) in [7, 11) is 0. The molecule has 25 heavy (non-hydrogen) atoms. The van der Waals surface area contributed by atoms with E-state index in [4.69, 9.17) is 0 Å². The van der Waals surface area contributed by atoms with Gasteiger partial charge in [0, 0.05) is 43.3 Å². The number of hydrogen-bond donors (Lipinski definition) is 0. The number of likely N-dealkylation sites (tertiary alicyclic amines) is 1. The van der Waals surface area contributed by atoms with E-state index in [-0.39, 0.29) is 11.2 Å². The molecule has 1 aliphatic heterocycles. The van der Waals surface area contributed by atoms with Crippen molar-refractivity contribution < 1.29 is 0 Å². The average molecular weight is 343 g/mol. The first-order valence-electron chi connectivity index (χ1n) is 8.81. The van der Waals surface area contributed by atoms with Crippen LogP contribution in [0.25, 0.3) is 0 Å². The van der Waals surface area contributed by atoms with Gasteiger partial charge in [-0.2, -0.15) is 0 Å². The van der Waals surface area contributed by atoms with E-state index in [2.05, 4.69) is 14.9 Å². The van der Waals surface area contributed by atoms with Crippen LogP contribution in [0.1, 0.15) is 24.1 Å². The van der Waals surface area contributed by atoms with Crippen molar-refractivity contribution in [3.8, 4) is 0 Å². The highest BCUT2D eigenvalue weighted by atomic mass is 16.1. The topological polar surface area (TPSA) is 73.0 Å². The molecular formula is C18H25N5O2. The molecule has 0 radical (unpaired) electrons. The predicted octanol–water partition coefficient (Wildman–Crippen LogP) is 0.829. The summed E-state index contributed by atoms with van der Waals surface area (Å²) >= 11 is 0. The van der Waals surface area contributed by atoms with Gasteiger partial charge in [-0.3, -0.25) is 13.9 Å². The van der Waals surface area contributed by atoms with Crippen LogP contribution < -0.4 is 11.2 Å². The maximum atomic E-state index is 12.3. The maximum Gasteiger partial charge on any atom is 0.347 e. The lowest BCUT2D eigenvalue weighted by atomic mass is 9.96. The van der Waals surface area contributed by atoms with E-state index in [1.165, 1.54) is 6.20 Å². The van der Waals surface area contributed by atoms with Gasteiger partial charge in [-0.1, -0.05) is 0 Å². The maximum absolute atomic E-state index is 12.3. The van der Waals surface area contributed by atoms with Crippen LogP contribution in [0.15, 0.2) is 34.4 Å². The van der Waals surface area contributed by atoms with E-state index < -0.39 is 0 Å². The van der Waals surface area contributed by atoms with Crippen molar-refractivity contribution in [3.63, 3.8) is 0 Å². The third-order valence-corrected chi connectivity index (χ3v) is 5.12. The fourth-order valence-electron chi connectivity index (χ4n) is 3.28. The fraction of sp³-hybridized carbons (Fsp3) is 0.556. The van der Waals surface area contributed by atoms with Gasteiger partial charge in [0.05, 0.1) is 6.33 Å². The monoisotopic (exact) mass is 343 g/mol. The molecule has 3 rings (SSSR count). The number of nitrogens with zero attached hydrogens (tertiary/aromatic N) is 5. The molecule has 0 spiro atoms. The molecule has 7 heteroatoms. The largest absolute Gasteiger partial charge is 0.347 e. The second-order valence-corrected chi connectivity index (χ2v) is 6.79. The Balaban J connectivity index is 1.51. The van der Waals surface area contributed by atoms with Gasteiger partial charge >= 0.3 is 5.69 Å². The number of aryl methyl sites for hydroxylation is 1. The zero-order valence-electron chi connectivity index (χ0n) is 14.9. The van der Waals surface area contributed by atoms with Crippen molar-refractivity contribution in [2.45, 2.75) is 39.8 Å². The molecular weight excluding hydrogens is 318 g/mol. The highest BCUT2D eigenvalue weighted by molar-refractivity contribution is 5.12. The van der Waals surface area contributed by atoms with Crippen LogP contribution in [0.3, 0.4) is 0 Å². The minimum absolute atomic E-state index is 0.0749. The average Bonchev–Trinajstić information content (AvgIpc) is 2.63. The molecule has 0 amide bonds. The van der Waals surface area contributed by atoms with Crippen LogP contribution in [0.4, 0.5) is 0 Å². The Morgan fingerprint density at radius 3 is 2.56 bits per heavy atom. The van der Waals surface area contributed by atoms with Crippen molar-refractivity contribution in [2.24, 2.45) is 5.92 Å². The molecule has 1 saturated heterocycles. The fourth-order valence-corrected chi connectivity index (χ4v) is 3.28. The summed E-state index contributed by atoms with van der Waals surface area (Å²) < 4.78 is 3.39. The third-order valence-electron chi connectivity index (χ3n) is 5.12. The van der Waals surface area contributed by atoms with Crippen molar-refractivity contribution in [1.82, 2.24) is 24.0 Å². The molecule has 0 aromatic carbocycles. The Hall–Kier alpha value is -2.28. The van der Waals surface area contributed by atoms with Crippen molar-refractivity contribution >= 4 is 0 Å². The van der Waals surface area contributed by atoms with E-state index in [0.717, 1.165) is 50.3 Å². The summed E-state index contributed by atoms with van der Waals surface area (Å²) in [5, 5.41) is 0. The van der Waals surface area contributed by atoms with Crippen LogP contribution in [-0.2, 0) is 13.1 Å². The molecule has 0 aliphatic carbocycles. The molecule has 0 atom stereocenters. The van der Waals surface area contributed by atoms with Gasteiger partial charge in [0.15, 0.2) is 0 Å². The first-order valence-corrected chi connectivity index (χ1v) is 8.81.